The number of rotatable bonds is 9. The molecule has 0 bridgehead atoms. The van der Waals surface area contributed by atoms with Crippen LogP contribution < -0.4 is 5.56 Å². The van der Waals surface area contributed by atoms with Crippen LogP contribution >= 0.6 is 0 Å². The number of pyridine rings is 1. The normalized spacial score (nSPS) is 12.3. The molecular formula is C30H31FN6O. The van der Waals surface area contributed by atoms with Crippen LogP contribution in [0, 0.1) is 19.7 Å². The van der Waals surface area contributed by atoms with E-state index in [1.807, 2.05) is 48.0 Å². The second-order valence-electron chi connectivity index (χ2n) is 9.81. The second-order valence-corrected chi connectivity index (χ2v) is 9.81. The minimum Gasteiger partial charge on any atom is -0.321 e. The van der Waals surface area contributed by atoms with Crippen LogP contribution in [0.4, 0.5) is 4.39 Å². The van der Waals surface area contributed by atoms with Gasteiger partial charge in [-0.25, -0.2) is 9.07 Å². The lowest BCUT2D eigenvalue weighted by molar-refractivity contribution is 0.161. The van der Waals surface area contributed by atoms with E-state index in [4.69, 9.17) is 0 Å². The topological polar surface area (TPSA) is 79.7 Å². The standard InChI is InChI=1S/C30H31FN6O/c1-4-27(29-33-34-35-37(29)18-22-8-6-5-7-9-22)36(17-23-10-12-26(31)13-11-23)19-25-16-24-15-20(2)14-21(3)28(24)32-30(25)38/h5-16,27H,4,17-19H2,1-3H3,(H,32,38)/t27-/m1/s1. The zero-order valence-corrected chi connectivity index (χ0v) is 21.9. The summed E-state index contributed by atoms with van der Waals surface area (Å²) in [6, 6.07) is 22.5. The monoisotopic (exact) mass is 510 g/mol. The number of fused-ring (bicyclic) bond motifs is 1. The van der Waals surface area contributed by atoms with Crippen LogP contribution in [0.1, 0.15) is 53.0 Å². The largest absolute Gasteiger partial charge is 0.321 e. The fourth-order valence-electron chi connectivity index (χ4n) is 5.09. The molecule has 3 aromatic carbocycles. The number of tetrazole rings is 1. The SMILES string of the molecule is CC[C@H](c1nnnn1Cc1ccccc1)N(Cc1ccc(F)cc1)Cc1cc2cc(C)cc(C)c2[nH]c1=O. The molecule has 0 unspecified atom stereocenters. The highest BCUT2D eigenvalue weighted by Crippen LogP contribution is 2.27. The summed E-state index contributed by atoms with van der Waals surface area (Å²) < 4.78 is 15.5. The van der Waals surface area contributed by atoms with Crippen LogP contribution in [0.2, 0.25) is 0 Å². The fraction of sp³-hybridized carbons (Fsp3) is 0.267. The van der Waals surface area contributed by atoms with Gasteiger partial charge in [-0.15, -0.1) is 5.10 Å². The third kappa shape index (κ3) is 5.55. The maximum Gasteiger partial charge on any atom is 0.252 e. The smallest absolute Gasteiger partial charge is 0.252 e. The Hall–Kier alpha value is -4.17. The molecule has 38 heavy (non-hydrogen) atoms. The van der Waals surface area contributed by atoms with E-state index in [2.05, 4.69) is 51.4 Å². The highest BCUT2D eigenvalue weighted by atomic mass is 19.1. The summed E-state index contributed by atoms with van der Waals surface area (Å²) >= 11 is 0. The third-order valence-corrected chi connectivity index (χ3v) is 6.90. The Labute approximate surface area is 220 Å². The van der Waals surface area contributed by atoms with Gasteiger partial charge in [-0.2, -0.15) is 0 Å². The van der Waals surface area contributed by atoms with Crippen LogP contribution in [0.5, 0.6) is 0 Å². The molecule has 194 valence electrons. The molecule has 5 aromatic rings. The number of hydrogen-bond donors (Lipinski definition) is 1. The number of aromatic nitrogens is 5. The summed E-state index contributed by atoms with van der Waals surface area (Å²) in [5, 5.41) is 13.7. The van der Waals surface area contributed by atoms with E-state index in [1.54, 1.807) is 12.1 Å². The van der Waals surface area contributed by atoms with Gasteiger partial charge in [0.25, 0.3) is 5.56 Å². The van der Waals surface area contributed by atoms with Gasteiger partial charge < -0.3 is 4.98 Å². The highest BCUT2D eigenvalue weighted by Gasteiger charge is 2.26. The van der Waals surface area contributed by atoms with Crippen LogP contribution in [0.15, 0.2) is 77.6 Å². The summed E-state index contributed by atoms with van der Waals surface area (Å²) in [7, 11) is 0. The summed E-state index contributed by atoms with van der Waals surface area (Å²) in [6.07, 6.45) is 0.722. The molecule has 0 saturated carbocycles. The van der Waals surface area contributed by atoms with Crippen molar-refractivity contribution in [1.29, 1.82) is 0 Å². The minimum absolute atomic E-state index is 0.118. The number of aromatic amines is 1. The van der Waals surface area contributed by atoms with E-state index >= 15 is 0 Å². The first-order valence-corrected chi connectivity index (χ1v) is 12.8. The van der Waals surface area contributed by atoms with Crippen LogP contribution in [0.25, 0.3) is 10.9 Å². The first-order valence-electron chi connectivity index (χ1n) is 12.8. The van der Waals surface area contributed by atoms with Gasteiger partial charge in [0.05, 0.1) is 18.1 Å². The average Bonchev–Trinajstić information content (AvgIpc) is 3.35. The second kappa shape index (κ2) is 11.1. The molecule has 7 nitrogen and oxygen atoms in total. The molecule has 0 aliphatic heterocycles. The number of benzene rings is 3. The maximum absolute atomic E-state index is 13.7. The van der Waals surface area contributed by atoms with Gasteiger partial charge in [-0.1, -0.05) is 61.0 Å². The Balaban J connectivity index is 1.54. The molecule has 0 saturated heterocycles. The number of nitrogens with zero attached hydrogens (tertiary/aromatic N) is 5. The number of hydrogen-bond acceptors (Lipinski definition) is 5. The Morgan fingerprint density at radius 2 is 1.74 bits per heavy atom. The fourth-order valence-corrected chi connectivity index (χ4v) is 5.09. The Morgan fingerprint density at radius 3 is 2.47 bits per heavy atom. The molecule has 8 heteroatoms. The van der Waals surface area contributed by atoms with Crippen molar-refractivity contribution in [3.63, 3.8) is 0 Å². The summed E-state index contributed by atoms with van der Waals surface area (Å²) in [5.41, 5.74) is 5.61. The summed E-state index contributed by atoms with van der Waals surface area (Å²) in [4.78, 5) is 18.5. The van der Waals surface area contributed by atoms with Crippen molar-refractivity contribution in [2.75, 3.05) is 0 Å². The molecule has 2 aromatic heterocycles. The Morgan fingerprint density at radius 1 is 0.974 bits per heavy atom. The number of H-pyrrole nitrogens is 1. The van der Waals surface area contributed by atoms with Crippen LogP contribution in [0.3, 0.4) is 0 Å². The highest BCUT2D eigenvalue weighted by molar-refractivity contribution is 5.82. The van der Waals surface area contributed by atoms with Crippen LogP contribution in [-0.4, -0.2) is 30.1 Å². The minimum atomic E-state index is -0.282. The van der Waals surface area contributed by atoms with Crippen molar-refractivity contribution in [2.24, 2.45) is 0 Å². The lowest BCUT2D eigenvalue weighted by atomic mass is 10.0. The maximum atomic E-state index is 13.7. The number of aryl methyl sites for hydroxylation is 2. The summed E-state index contributed by atoms with van der Waals surface area (Å²) in [5.74, 6) is 0.443. The van der Waals surface area contributed by atoms with Crippen molar-refractivity contribution in [2.45, 2.75) is 52.9 Å². The first-order chi connectivity index (χ1) is 18.4. The van der Waals surface area contributed by atoms with E-state index in [-0.39, 0.29) is 17.4 Å². The molecule has 0 aliphatic rings. The zero-order valence-electron chi connectivity index (χ0n) is 21.9. The predicted molar refractivity (Wildman–Crippen MR) is 146 cm³/mol. The Bertz CT molecular complexity index is 1590. The van der Waals surface area contributed by atoms with Crippen molar-refractivity contribution < 1.29 is 4.39 Å². The summed E-state index contributed by atoms with van der Waals surface area (Å²) in [6.45, 7) is 7.57. The first kappa shape index (κ1) is 25.5. The van der Waals surface area contributed by atoms with Crippen molar-refractivity contribution in [3.05, 3.63) is 123 Å². The van der Waals surface area contributed by atoms with Gasteiger partial charge in [0, 0.05) is 18.7 Å². The average molecular weight is 511 g/mol. The third-order valence-electron chi connectivity index (χ3n) is 6.90. The number of nitrogens with one attached hydrogen (secondary N) is 1. The van der Waals surface area contributed by atoms with E-state index in [9.17, 15) is 9.18 Å². The number of halogens is 1. The van der Waals surface area contributed by atoms with Gasteiger partial charge in [0.15, 0.2) is 5.82 Å². The van der Waals surface area contributed by atoms with E-state index in [0.717, 1.165) is 45.4 Å². The van der Waals surface area contributed by atoms with E-state index < -0.39 is 0 Å². The molecule has 1 atom stereocenters. The van der Waals surface area contributed by atoms with Gasteiger partial charge in [-0.3, -0.25) is 9.69 Å². The molecule has 1 N–H and O–H groups in total. The molecule has 5 rings (SSSR count). The van der Waals surface area contributed by atoms with Gasteiger partial charge in [0.2, 0.25) is 0 Å². The van der Waals surface area contributed by atoms with Gasteiger partial charge in [0.1, 0.15) is 5.82 Å². The van der Waals surface area contributed by atoms with E-state index in [1.165, 1.54) is 12.1 Å². The lowest BCUT2D eigenvalue weighted by Crippen LogP contribution is -2.32. The molecule has 0 fully saturated rings. The van der Waals surface area contributed by atoms with Crippen LogP contribution in [-0.2, 0) is 19.6 Å². The quantitative estimate of drug-likeness (QED) is 0.284. The molecule has 0 radical (unpaired) electrons. The lowest BCUT2D eigenvalue weighted by Gasteiger charge is -2.30. The molecule has 2 heterocycles. The van der Waals surface area contributed by atoms with Gasteiger partial charge >= 0.3 is 0 Å². The molecular weight excluding hydrogens is 479 g/mol. The van der Waals surface area contributed by atoms with Gasteiger partial charge in [-0.05, 0) is 77.0 Å². The Kier molecular flexibility index (Phi) is 7.42. The molecule has 0 aliphatic carbocycles. The zero-order chi connectivity index (χ0) is 26.6. The molecule has 0 amide bonds. The van der Waals surface area contributed by atoms with Crippen molar-refractivity contribution >= 4 is 10.9 Å². The van der Waals surface area contributed by atoms with Crippen molar-refractivity contribution in [1.82, 2.24) is 30.1 Å². The van der Waals surface area contributed by atoms with Crippen molar-refractivity contribution in [3.8, 4) is 0 Å². The van der Waals surface area contributed by atoms with E-state index in [0.29, 0.717) is 25.2 Å². The predicted octanol–water partition coefficient (Wildman–Crippen LogP) is 5.47. The molecule has 0 spiro atoms.